The lowest BCUT2D eigenvalue weighted by Gasteiger charge is -2.04. The van der Waals surface area contributed by atoms with Gasteiger partial charge >= 0.3 is 0 Å². The van der Waals surface area contributed by atoms with E-state index in [9.17, 15) is 13.4 Å². The lowest BCUT2D eigenvalue weighted by Crippen LogP contribution is -2.17. The Bertz CT molecular complexity index is 371. The Balaban J connectivity index is 2.69. The van der Waals surface area contributed by atoms with E-state index in [-0.39, 0.29) is 22.6 Å². The van der Waals surface area contributed by atoms with Crippen LogP contribution in [0.2, 0.25) is 0 Å². The van der Waals surface area contributed by atoms with E-state index in [2.05, 4.69) is 0 Å². The minimum atomic E-state index is -1.15. The van der Waals surface area contributed by atoms with E-state index in [4.69, 9.17) is 0 Å². The van der Waals surface area contributed by atoms with Gasteiger partial charge in [0.25, 0.3) is 0 Å². The molecule has 0 fully saturated rings. The summed E-state index contributed by atoms with van der Waals surface area (Å²) < 4.78 is 24.0. The average molecular weight is 228 g/mol. The lowest BCUT2D eigenvalue weighted by molar-refractivity contribution is 0.102. The number of Topliss-reactive ketones (excluding diaryl/α,β-unsaturated/α-hetero) is 1. The summed E-state index contributed by atoms with van der Waals surface area (Å²) >= 11 is 0. The number of ketones is 1. The van der Waals surface area contributed by atoms with Gasteiger partial charge in [-0.2, -0.15) is 0 Å². The van der Waals surface area contributed by atoms with Crippen LogP contribution >= 0.6 is 0 Å². The monoisotopic (exact) mass is 228 g/mol. The van der Waals surface area contributed by atoms with Gasteiger partial charge in [0, 0.05) is 21.6 Å². The van der Waals surface area contributed by atoms with Crippen LogP contribution in [0.4, 0.5) is 4.39 Å². The smallest absolute Gasteiger partial charge is 0.175 e. The number of benzene rings is 1. The molecule has 0 bridgehead atoms. The first-order chi connectivity index (χ1) is 7.00. The molecule has 0 amide bonds. The number of hydrogen-bond acceptors (Lipinski definition) is 2. The summed E-state index contributed by atoms with van der Waals surface area (Å²) in [5, 5.41) is -0.0330. The highest BCUT2D eigenvalue weighted by atomic mass is 32.2. The predicted octanol–water partition coefficient (Wildman–Crippen LogP) is 2.17. The zero-order chi connectivity index (χ0) is 11.4. The van der Waals surface area contributed by atoms with Crippen LogP contribution in [-0.2, 0) is 10.8 Å². The molecule has 0 N–H and O–H groups in total. The maximum absolute atomic E-state index is 12.6. The first-order valence-corrected chi connectivity index (χ1v) is 6.05. The van der Waals surface area contributed by atoms with Crippen LogP contribution in [0.25, 0.3) is 0 Å². The van der Waals surface area contributed by atoms with Gasteiger partial charge in [0.2, 0.25) is 0 Å². The third kappa shape index (κ3) is 3.55. The second-order valence-electron chi connectivity index (χ2n) is 3.50. The van der Waals surface area contributed by atoms with Crippen LogP contribution in [0.5, 0.6) is 0 Å². The molecule has 0 aliphatic heterocycles. The lowest BCUT2D eigenvalue weighted by atomic mass is 10.1. The summed E-state index contributed by atoms with van der Waals surface area (Å²) in [5.74, 6) is -0.581. The predicted molar refractivity (Wildman–Crippen MR) is 58.9 cm³/mol. The number of rotatable bonds is 4. The Morgan fingerprint density at radius 3 is 2.33 bits per heavy atom. The maximum atomic E-state index is 12.6. The van der Waals surface area contributed by atoms with Crippen LogP contribution in [-0.4, -0.2) is 21.0 Å². The van der Waals surface area contributed by atoms with Crippen molar-refractivity contribution in [3.63, 3.8) is 0 Å². The molecule has 2 nitrogen and oxygen atoms in total. The van der Waals surface area contributed by atoms with Crippen molar-refractivity contribution in [1.29, 1.82) is 0 Å². The third-order valence-corrected chi connectivity index (χ3v) is 3.56. The summed E-state index contributed by atoms with van der Waals surface area (Å²) in [6, 6.07) is 5.28. The zero-order valence-electron chi connectivity index (χ0n) is 8.70. The maximum Gasteiger partial charge on any atom is 0.175 e. The molecule has 1 aromatic rings. The molecular formula is C11H13FO2S. The van der Waals surface area contributed by atoms with Crippen molar-refractivity contribution in [3.05, 3.63) is 35.6 Å². The zero-order valence-corrected chi connectivity index (χ0v) is 9.51. The summed E-state index contributed by atoms with van der Waals surface area (Å²) in [7, 11) is -1.15. The molecule has 0 aromatic heterocycles. The summed E-state index contributed by atoms with van der Waals surface area (Å²) in [6.45, 7) is 3.60. The molecule has 4 heteroatoms. The first kappa shape index (κ1) is 12.0. The Morgan fingerprint density at radius 2 is 1.87 bits per heavy atom. The van der Waals surface area contributed by atoms with E-state index < -0.39 is 10.8 Å². The Kier molecular flexibility index (Phi) is 4.15. The highest BCUT2D eigenvalue weighted by Crippen LogP contribution is 2.06. The molecule has 0 aliphatic rings. The number of carbonyl (C=O) groups excluding carboxylic acids is 1. The molecule has 1 atom stereocenters. The molecule has 0 saturated heterocycles. The van der Waals surface area contributed by atoms with Crippen molar-refractivity contribution in [1.82, 2.24) is 0 Å². The van der Waals surface area contributed by atoms with Crippen molar-refractivity contribution >= 4 is 16.6 Å². The van der Waals surface area contributed by atoms with Gasteiger partial charge in [-0.3, -0.25) is 9.00 Å². The van der Waals surface area contributed by atoms with Crippen LogP contribution < -0.4 is 0 Å². The van der Waals surface area contributed by atoms with Gasteiger partial charge in [-0.05, 0) is 24.3 Å². The largest absolute Gasteiger partial charge is 0.293 e. The van der Waals surface area contributed by atoms with Gasteiger partial charge in [-0.25, -0.2) is 4.39 Å². The van der Waals surface area contributed by atoms with E-state index in [1.165, 1.54) is 24.3 Å². The van der Waals surface area contributed by atoms with Crippen LogP contribution in [0.3, 0.4) is 0 Å². The molecule has 0 heterocycles. The van der Waals surface area contributed by atoms with Gasteiger partial charge in [0.1, 0.15) is 5.82 Å². The molecule has 0 spiro atoms. The van der Waals surface area contributed by atoms with Crippen LogP contribution in [0.1, 0.15) is 24.2 Å². The quantitative estimate of drug-likeness (QED) is 0.740. The SMILES string of the molecule is CC(C)S(=O)CC(=O)c1ccc(F)cc1. The molecule has 1 aromatic carbocycles. The highest BCUT2D eigenvalue weighted by molar-refractivity contribution is 7.86. The van der Waals surface area contributed by atoms with Gasteiger partial charge < -0.3 is 0 Å². The van der Waals surface area contributed by atoms with E-state index in [1.807, 2.05) is 0 Å². The summed E-state index contributed by atoms with van der Waals surface area (Å²) in [6.07, 6.45) is 0. The summed E-state index contributed by atoms with van der Waals surface area (Å²) in [5.41, 5.74) is 0.408. The highest BCUT2D eigenvalue weighted by Gasteiger charge is 2.12. The van der Waals surface area contributed by atoms with E-state index in [0.29, 0.717) is 5.56 Å². The van der Waals surface area contributed by atoms with Gasteiger partial charge in [-0.1, -0.05) is 13.8 Å². The standard InChI is InChI=1S/C11H13FO2S/c1-8(2)15(14)7-11(13)9-3-5-10(12)6-4-9/h3-6,8H,7H2,1-2H3. The summed E-state index contributed by atoms with van der Waals surface area (Å²) in [4.78, 5) is 11.6. The van der Waals surface area contributed by atoms with E-state index >= 15 is 0 Å². The fourth-order valence-electron chi connectivity index (χ4n) is 1.01. The molecular weight excluding hydrogens is 215 g/mol. The number of halogens is 1. The minimum absolute atomic E-state index is 0.00327. The van der Waals surface area contributed by atoms with Crippen molar-refractivity contribution < 1.29 is 13.4 Å². The Labute approximate surface area is 91.0 Å². The second-order valence-corrected chi connectivity index (χ2v) is 5.50. The van der Waals surface area contributed by atoms with Crippen LogP contribution in [0.15, 0.2) is 24.3 Å². The van der Waals surface area contributed by atoms with Crippen molar-refractivity contribution in [2.45, 2.75) is 19.1 Å². The molecule has 1 rings (SSSR count). The van der Waals surface area contributed by atoms with Gasteiger partial charge in [0.05, 0.1) is 5.75 Å². The molecule has 82 valence electrons. The molecule has 15 heavy (non-hydrogen) atoms. The number of carbonyl (C=O) groups is 1. The van der Waals surface area contributed by atoms with E-state index in [0.717, 1.165) is 0 Å². The molecule has 0 aliphatic carbocycles. The fourth-order valence-corrected chi connectivity index (χ4v) is 1.77. The molecule has 0 saturated carbocycles. The normalized spacial score (nSPS) is 12.8. The fraction of sp³-hybridized carbons (Fsp3) is 0.364. The van der Waals surface area contributed by atoms with Crippen molar-refractivity contribution in [2.75, 3.05) is 5.75 Å². The average Bonchev–Trinajstić information content (AvgIpc) is 2.18. The topological polar surface area (TPSA) is 34.1 Å². The molecule has 0 radical (unpaired) electrons. The molecule has 1 unspecified atom stereocenters. The third-order valence-electron chi connectivity index (χ3n) is 1.97. The Hall–Kier alpha value is -1.03. The Morgan fingerprint density at radius 1 is 1.33 bits per heavy atom. The second kappa shape index (κ2) is 5.16. The minimum Gasteiger partial charge on any atom is -0.293 e. The van der Waals surface area contributed by atoms with E-state index in [1.54, 1.807) is 13.8 Å². The van der Waals surface area contributed by atoms with Crippen molar-refractivity contribution in [2.24, 2.45) is 0 Å². The first-order valence-electron chi connectivity index (χ1n) is 4.66. The van der Waals surface area contributed by atoms with Gasteiger partial charge in [-0.15, -0.1) is 0 Å². The van der Waals surface area contributed by atoms with Crippen LogP contribution in [0, 0.1) is 5.82 Å². The van der Waals surface area contributed by atoms with Crippen molar-refractivity contribution in [3.8, 4) is 0 Å². The van der Waals surface area contributed by atoms with Gasteiger partial charge in [0.15, 0.2) is 5.78 Å². The number of hydrogen-bond donors (Lipinski definition) is 0.